The summed E-state index contributed by atoms with van der Waals surface area (Å²) in [5.74, 6) is 0.161. The molecule has 0 unspecified atom stereocenters. The molecule has 3 N–H and O–H groups in total. The predicted octanol–water partition coefficient (Wildman–Crippen LogP) is 7.45. The molecule has 0 aliphatic heterocycles. The summed E-state index contributed by atoms with van der Waals surface area (Å²) in [4.78, 5) is 8.60. The largest absolute Gasteiger partial charge is 0.484 e. The maximum atomic E-state index is 13.2. The van der Waals surface area contributed by atoms with E-state index >= 15 is 0 Å². The first-order valence-corrected chi connectivity index (χ1v) is 16.6. The van der Waals surface area contributed by atoms with Gasteiger partial charge in [-0.3, -0.25) is 0 Å². The highest BCUT2D eigenvalue weighted by Crippen LogP contribution is 2.33. The molecular weight excluding hydrogens is 664 g/mol. The van der Waals surface area contributed by atoms with Crippen molar-refractivity contribution in [2.24, 2.45) is 11.8 Å². The molecule has 1 fully saturated rings. The molecule has 0 atom stereocenters. The van der Waals surface area contributed by atoms with Gasteiger partial charge in [-0.2, -0.15) is 31.3 Å². The van der Waals surface area contributed by atoms with E-state index in [2.05, 4.69) is 29.8 Å². The van der Waals surface area contributed by atoms with Crippen LogP contribution in [0.3, 0.4) is 0 Å². The zero-order valence-electron chi connectivity index (χ0n) is 25.4. The first kappa shape index (κ1) is 35.0. The van der Waals surface area contributed by atoms with Gasteiger partial charge in [0.1, 0.15) is 22.2 Å². The van der Waals surface area contributed by atoms with Crippen LogP contribution < -0.4 is 24.8 Å². The lowest BCUT2D eigenvalue weighted by Gasteiger charge is -2.29. The van der Waals surface area contributed by atoms with Gasteiger partial charge in [0.05, 0.1) is 5.52 Å². The van der Waals surface area contributed by atoms with Crippen molar-refractivity contribution in [1.29, 1.82) is 0 Å². The Kier molecular flexibility index (Phi) is 10.8. The maximum Gasteiger partial charge on any atom is 0.422 e. The number of nitrogens with zero attached hydrogens (tertiary/aromatic N) is 2. The maximum absolute atomic E-state index is 13.2. The molecule has 1 aliphatic rings. The number of hydrogen-bond acceptors (Lipinski definition) is 8. The number of sulfonamides is 1. The third-order valence-electron chi connectivity index (χ3n) is 7.72. The van der Waals surface area contributed by atoms with E-state index in [0.29, 0.717) is 31.2 Å². The molecule has 0 bridgehead atoms. The fourth-order valence-electron chi connectivity index (χ4n) is 5.32. The van der Waals surface area contributed by atoms with E-state index < -0.39 is 52.0 Å². The van der Waals surface area contributed by atoms with E-state index in [9.17, 15) is 34.8 Å². The summed E-state index contributed by atoms with van der Waals surface area (Å²) in [5, 5.41) is 7.54. The summed E-state index contributed by atoms with van der Waals surface area (Å²) >= 11 is 0. The molecule has 1 aliphatic carbocycles. The Morgan fingerprint density at radius 2 is 1.38 bits per heavy atom. The average Bonchev–Trinajstić information content (AvgIpc) is 3.05. The van der Waals surface area contributed by atoms with Crippen molar-refractivity contribution in [3.8, 4) is 11.5 Å². The zero-order chi connectivity index (χ0) is 34.4. The van der Waals surface area contributed by atoms with Crippen molar-refractivity contribution in [1.82, 2.24) is 14.7 Å². The molecule has 258 valence electrons. The van der Waals surface area contributed by atoms with Gasteiger partial charge < -0.3 is 20.1 Å². The normalized spacial score (nSPS) is 17.2. The van der Waals surface area contributed by atoms with Gasteiger partial charge in [-0.1, -0.05) is 30.3 Å². The number of rotatable bonds is 13. The van der Waals surface area contributed by atoms with E-state index in [-0.39, 0.29) is 18.4 Å². The molecule has 0 spiro atoms. The standard InChI is InChI=1S/C32H33F6N5O4S/c33-31(34,35)19-46-24-14-15-27(47-20-32(36,37)38)28(16-24)48(44,45)40-18-22-12-10-21(11-13-22)17-39-30-42-26-9-5-4-8-25(26)29(43-30)41-23-6-2-1-3-7-23/h1-9,14-16,21-22,40H,10-13,17-20H2,(H2,39,41,42,43). The number of alkyl halides is 6. The molecule has 9 nitrogen and oxygen atoms in total. The molecule has 0 radical (unpaired) electrons. The van der Waals surface area contributed by atoms with Crippen LogP contribution in [0.15, 0.2) is 77.7 Å². The van der Waals surface area contributed by atoms with Crippen molar-refractivity contribution in [2.45, 2.75) is 42.9 Å². The van der Waals surface area contributed by atoms with E-state index in [0.717, 1.165) is 47.6 Å². The summed E-state index contributed by atoms with van der Waals surface area (Å²) in [5.41, 5.74) is 1.66. The third-order valence-corrected chi connectivity index (χ3v) is 9.16. The topological polar surface area (TPSA) is 114 Å². The van der Waals surface area contributed by atoms with Crippen LogP contribution in [-0.2, 0) is 10.0 Å². The first-order chi connectivity index (χ1) is 22.7. The summed E-state index contributed by atoms with van der Waals surface area (Å²) < 4.78 is 114. The van der Waals surface area contributed by atoms with Gasteiger partial charge in [0.25, 0.3) is 0 Å². The molecule has 1 aromatic heterocycles. The number of hydrogen-bond donors (Lipinski definition) is 3. The lowest BCUT2D eigenvalue weighted by Crippen LogP contribution is -2.33. The van der Waals surface area contributed by atoms with Crippen molar-refractivity contribution in [3.05, 3.63) is 72.8 Å². The van der Waals surface area contributed by atoms with Crippen LogP contribution in [0.1, 0.15) is 25.7 Å². The SMILES string of the molecule is O=S(=O)(NCC1CCC(CNc2nc(Nc3ccccc3)c3ccccc3n2)CC1)c1cc(OCC(F)(F)F)ccc1OCC(F)(F)F. The quantitative estimate of drug-likeness (QED) is 0.124. The number of fused-ring (bicyclic) bond motifs is 1. The predicted molar refractivity (Wildman–Crippen MR) is 168 cm³/mol. The number of benzene rings is 3. The lowest BCUT2D eigenvalue weighted by molar-refractivity contribution is -0.154. The highest BCUT2D eigenvalue weighted by Gasteiger charge is 2.32. The average molecular weight is 698 g/mol. The minimum atomic E-state index is -4.77. The fourth-order valence-corrected chi connectivity index (χ4v) is 6.60. The smallest absolute Gasteiger partial charge is 0.422 e. The van der Waals surface area contributed by atoms with Crippen LogP contribution in [0.4, 0.5) is 43.8 Å². The molecule has 0 amide bonds. The third kappa shape index (κ3) is 10.1. The number of nitrogens with one attached hydrogen (secondary N) is 3. The summed E-state index contributed by atoms with van der Waals surface area (Å²) in [6, 6.07) is 19.8. The molecule has 16 heteroatoms. The highest BCUT2D eigenvalue weighted by molar-refractivity contribution is 7.89. The van der Waals surface area contributed by atoms with Gasteiger partial charge in [-0.05, 0) is 73.9 Å². The zero-order valence-corrected chi connectivity index (χ0v) is 26.3. The summed E-state index contributed by atoms with van der Waals surface area (Å²) in [6.45, 7) is -2.92. The number of halogens is 6. The van der Waals surface area contributed by atoms with Crippen molar-refractivity contribution in [2.75, 3.05) is 36.9 Å². The number of anilines is 3. The minimum Gasteiger partial charge on any atom is -0.484 e. The van der Waals surface area contributed by atoms with Gasteiger partial charge in [-0.25, -0.2) is 18.1 Å². The Hall–Kier alpha value is -4.31. The van der Waals surface area contributed by atoms with Crippen molar-refractivity contribution < 1.29 is 44.2 Å². The second kappa shape index (κ2) is 14.8. The Labute approximate surface area is 273 Å². The van der Waals surface area contributed by atoms with E-state index in [1.165, 1.54) is 0 Å². The summed E-state index contributed by atoms with van der Waals surface area (Å²) in [7, 11) is -4.48. The number of aromatic nitrogens is 2. The minimum absolute atomic E-state index is 0.0167. The second-order valence-corrected chi connectivity index (χ2v) is 13.2. The number of para-hydroxylation sites is 2. The Morgan fingerprint density at radius 1 is 0.750 bits per heavy atom. The Balaban J connectivity index is 1.17. The first-order valence-electron chi connectivity index (χ1n) is 15.1. The van der Waals surface area contributed by atoms with Crippen LogP contribution in [0.2, 0.25) is 0 Å². The van der Waals surface area contributed by atoms with E-state index in [1.807, 2.05) is 54.6 Å². The van der Waals surface area contributed by atoms with E-state index in [4.69, 9.17) is 4.98 Å². The van der Waals surface area contributed by atoms with Crippen molar-refractivity contribution >= 4 is 38.4 Å². The molecule has 1 heterocycles. The van der Waals surface area contributed by atoms with Gasteiger partial charge >= 0.3 is 12.4 Å². The number of ether oxygens (including phenoxy) is 2. The molecule has 3 aromatic carbocycles. The van der Waals surface area contributed by atoms with Crippen LogP contribution in [-0.4, -0.2) is 57.0 Å². The Morgan fingerprint density at radius 3 is 2.06 bits per heavy atom. The van der Waals surface area contributed by atoms with Gasteiger partial charge in [0.2, 0.25) is 16.0 Å². The van der Waals surface area contributed by atoms with Crippen LogP contribution in [0, 0.1) is 11.8 Å². The molecule has 4 aromatic rings. The van der Waals surface area contributed by atoms with Crippen LogP contribution in [0.25, 0.3) is 10.9 Å². The molecule has 48 heavy (non-hydrogen) atoms. The van der Waals surface area contributed by atoms with Crippen molar-refractivity contribution in [3.63, 3.8) is 0 Å². The summed E-state index contributed by atoms with van der Waals surface area (Å²) in [6.07, 6.45) is -6.61. The second-order valence-electron chi connectivity index (χ2n) is 11.4. The molecule has 5 rings (SSSR count). The van der Waals surface area contributed by atoms with E-state index in [1.54, 1.807) is 0 Å². The Bertz CT molecular complexity index is 1780. The van der Waals surface area contributed by atoms with Gasteiger partial charge in [0, 0.05) is 30.2 Å². The van der Waals surface area contributed by atoms with Crippen LogP contribution in [0.5, 0.6) is 11.5 Å². The van der Waals surface area contributed by atoms with Crippen LogP contribution >= 0.6 is 0 Å². The molecular formula is C32H33F6N5O4S. The van der Waals surface area contributed by atoms with Gasteiger partial charge in [-0.15, -0.1) is 0 Å². The molecule has 0 saturated heterocycles. The molecule has 1 saturated carbocycles. The lowest BCUT2D eigenvalue weighted by atomic mass is 9.82. The highest BCUT2D eigenvalue weighted by atomic mass is 32.2. The van der Waals surface area contributed by atoms with Gasteiger partial charge in [0.15, 0.2) is 13.2 Å². The fraction of sp³-hybridized carbons (Fsp3) is 0.375. The monoisotopic (exact) mass is 697 g/mol.